The molecule has 0 saturated carbocycles. The molecule has 0 bridgehead atoms. The molecule has 0 atom stereocenters. The molecule has 0 unspecified atom stereocenters. The van der Waals surface area contributed by atoms with Crippen molar-refractivity contribution in [2.24, 2.45) is 0 Å². The summed E-state index contributed by atoms with van der Waals surface area (Å²) in [5, 5.41) is 2.63. The van der Waals surface area contributed by atoms with Crippen molar-refractivity contribution in [3.63, 3.8) is 0 Å². The summed E-state index contributed by atoms with van der Waals surface area (Å²) in [6, 6.07) is 0. The Bertz CT molecular complexity index is 269. The number of nitrogens with one attached hydrogen (secondary N) is 1. The largest absolute Gasteiger partial charge is 0.347 e. The van der Waals surface area contributed by atoms with E-state index in [1.807, 2.05) is 46.7 Å². The van der Waals surface area contributed by atoms with Gasteiger partial charge in [-0.25, -0.2) is 0 Å². The van der Waals surface area contributed by atoms with Gasteiger partial charge in [-0.05, 0) is 41.8 Å². The summed E-state index contributed by atoms with van der Waals surface area (Å²) in [5.41, 5.74) is -0.329. The van der Waals surface area contributed by atoms with Gasteiger partial charge in [-0.2, -0.15) is 0 Å². The van der Waals surface area contributed by atoms with Gasteiger partial charge >= 0.3 is 11.8 Å². The second kappa shape index (κ2) is 6.59. The van der Waals surface area contributed by atoms with Gasteiger partial charge in [0.2, 0.25) is 0 Å². The molecule has 100 valence electrons. The monoisotopic (exact) mass is 243 g/mol. The Morgan fingerprint density at radius 2 is 1.71 bits per heavy atom. The van der Waals surface area contributed by atoms with Crippen LogP contribution < -0.4 is 5.32 Å². The number of amides is 2. The lowest BCUT2D eigenvalue weighted by Crippen LogP contribution is -2.52. The highest BCUT2D eigenvalue weighted by molar-refractivity contribution is 6.35. The fourth-order valence-electron chi connectivity index (χ4n) is 1.51. The molecule has 1 N–H and O–H groups in total. The molecular formula is C12H25N3O2. The number of hydrogen-bond acceptors (Lipinski definition) is 3. The maximum Gasteiger partial charge on any atom is 0.312 e. The molecule has 0 spiro atoms. The third-order valence-electron chi connectivity index (χ3n) is 2.41. The van der Waals surface area contributed by atoms with Crippen LogP contribution in [0.2, 0.25) is 0 Å². The highest BCUT2D eigenvalue weighted by atomic mass is 16.2. The first-order chi connectivity index (χ1) is 7.70. The van der Waals surface area contributed by atoms with E-state index < -0.39 is 11.8 Å². The minimum Gasteiger partial charge on any atom is -0.347 e. The van der Waals surface area contributed by atoms with Crippen molar-refractivity contribution in [3.8, 4) is 0 Å². The van der Waals surface area contributed by atoms with Gasteiger partial charge in [0, 0.05) is 25.2 Å². The second-order valence-corrected chi connectivity index (χ2v) is 5.28. The van der Waals surface area contributed by atoms with Crippen molar-refractivity contribution in [2.45, 2.75) is 33.2 Å². The molecule has 0 rings (SSSR count). The SMILES string of the molecule is CCN(C(=O)C(=O)NCCN(C)C)C(C)(C)C. The van der Waals surface area contributed by atoms with E-state index in [4.69, 9.17) is 0 Å². The Morgan fingerprint density at radius 1 is 1.18 bits per heavy atom. The van der Waals surface area contributed by atoms with Crippen LogP contribution in [-0.2, 0) is 9.59 Å². The number of rotatable bonds is 4. The minimum absolute atomic E-state index is 0.329. The van der Waals surface area contributed by atoms with Crippen LogP contribution in [0.15, 0.2) is 0 Å². The molecule has 0 fully saturated rings. The van der Waals surface area contributed by atoms with Crippen molar-refractivity contribution in [1.82, 2.24) is 15.1 Å². The fourth-order valence-corrected chi connectivity index (χ4v) is 1.51. The van der Waals surface area contributed by atoms with Gasteiger partial charge in [-0.15, -0.1) is 0 Å². The third kappa shape index (κ3) is 5.68. The summed E-state index contributed by atoms with van der Waals surface area (Å²) < 4.78 is 0. The summed E-state index contributed by atoms with van der Waals surface area (Å²) in [5.74, 6) is -0.984. The normalized spacial score (nSPS) is 11.5. The zero-order valence-electron chi connectivity index (χ0n) is 11.8. The number of hydrogen-bond donors (Lipinski definition) is 1. The van der Waals surface area contributed by atoms with Gasteiger partial charge in [-0.1, -0.05) is 0 Å². The van der Waals surface area contributed by atoms with Crippen molar-refractivity contribution in [3.05, 3.63) is 0 Å². The van der Waals surface area contributed by atoms with Crippen molar-refractivity contribution in [2.75, 3.05) is 33.7 Å². The molecule has 0 aromatic carbocycles. The average molecular weight is 243 g/mol. The summed E-state index contributed by atoms with van der Waals surface area (Å²) in [4.78, 5) is 27.1. The van der Waals surface area contributed by atoms with Crippen LogP contribution in [0, 0.1) is 0 Å². The van der Waals surface area contributed by atoms with Crippen LogP contribution in [0.4, 0.5) is 0 Å². The smallest absolute Gasteiger partial charge is 0.312 e. The maximum absolute atomic E-state index is 11.9. The summed E-state index contributed by atoms with van der Waals surface area (Å²) in [7, 11) is 3.84. The van der Waals surface area contributed by atoms with Gasteiger partial charge in [0.05, 0.1) is 0 Å². The lowest BCUT2D eigenvalue weighted by atomic mass is 10.1. The Morgan fingerprint density at radius 3 is 2.06 bits per heavy atom. The van der Waals surface area contributed by atoms with Gasteiger partial charge in [-0.3, -0.25) is 9.59 Å². The lowest BCUT2D eigenvalue weighted by molar-refractivity contribution is -0.148. The molecule has 0 radical (unpaired) electrons. The quantitative estimate of drug-likeness (QED) is 0.723. The molecule has 0 aliphatic carbocycles. The van der Waals surface area contributed by atoms with Crippen LogP contribution >= 0.6 is 0 Å². The predicted octanol–water partition coefficient (Wildman–Crippen LogP) is 0.311. The van der Waals surface area contributed by atoms with E-state index in [1.165, 1.54) is 0 Å². The van der Waals surface area contributed by atoms with Crippen molar-refractivity contribution in [1.29, 1.82) is 0 Å². The topological polar surface area (TPSA) is 52.7 Å². The number of nitrogens with zero attached hydrogens (tertiary/aromatic N) is 2. The molecule has 0 aromatic heterocycles. The highest BCUT2D eigenvalue weighted by Gasteiger charge is 2.29. The first-order valence-electron chi connectivity index (χ1n) is 5.94. The van der Waals surface area contributed by atoms with Gasteiger partial charge in [0.1, 0.15) is 0 Å². The fraction of sp³-hybridized carbons (Fsp3) is 0.833. The zero-order valence-corrected chi connectivity index (χ0v) is 11.8. The zero-order chi connectivity index (χ0) is 13.6. The average Bonchev–Trinajstić information content (AvgIpc) is 2.15. The lowest BCUT2D eigenvalue weighted by Gasteiger charge is -2.34. The Balaban J connectivity index is 4.33. The molecular weight excluding hydrogens is 218 g/mol. The number of carbonyl (C=O) groups excluding carboxylic acids is 2. The van der Waals surface area contributed by atoms with Crippen LogP contribution in [0.25, 0.3) is 0 Å². The van der Waals surface area contributed by atoms with E-state index >= 15 is 0 Å². The first-order valence-corrected chi connectivity index (χ1v) is 5.94. The molecule has 0 aliphatic rings. The maximum atomic E-state index is 11.9. The molecule has 0 saturated heterocycles. The molecule has 2 amide bonds. The summed E-state index contributed by atoms with van der Waals surface area (Å²) >= 11 is 0. The van der Waals surface area contributed by atoms with Gasteiger partial charge in [0.15, 0.2) is 0 Å². The molecule has 0 aromatic rings. The summed E-state index contributed by atoms with van der Waals surface area (Å²) in [6.45, 7) is 9.37. The Kier molecular flexibility index (Phi) is 6.16. The number of likely N-dealkylation sites (N-methyl/N-ethyl adjacent to an activating group) is 2. The number of carbonyl (C=O) groups is 2. The Labute approximate surface area is 104 Å². The Hall–Kier alpha value is -1.10. The van der Waals surface area contributed by atoms with E-state index in [9.17, 15) is 9.59 Å². The van der Waals surface area contributed by atoms with Crippen LogP contribution in [0.3, 0.4) is 0 Å². The van der Waals surface area contributed by atoms with E-state index in [1.54, 1.807) is 4.90 Å². The van der Waals surface area contributed by atoms with Crippen LogP contribution in [0.5, 0.6) is 0 Å². The highest BCUT2D eigenvalue weighted by Crippen LogP contribution is 2.12. The predicted molar refractivity (Wildman–Crippen MR) is 68.7 cm³/mol. The molecule has 0 heterocycles. The molecule has 17 heavy (non-hydrogen) atoms. The van der Waals surface area contributed by atoms with Crippen molar-refractivity contribution < 1.29 is 9.59 Å². The van der Waals surface area contributed by atoms with E-state index in [0.29, 0.717) is 13.1 Å². The van der Waals surface area contributed by atoms with E-state index in [2.05, 4.69) is 5.32 Å². The standard InChI is InChI=1S/C12H25N3O2/c1-7-15(12(2,3)4)11(17)10(16)13-8-9-14(5)6/h7-9H2,1-6H3,(H,13,16). The molecule has 0 aliphatic heterocycles. The third-order valence-corrected chi connectivity index (χ3v) is 2.41. The van der Waals surface area contributed by atoms with E-state index in [-0.39, 0.29) is 5.54 Å². The van der Waals surface area contributed by atoms with Crippen molar-refractivity contribution >= 4 is 11.8 Å². The summed E-state index contributed by atoms with van der Waals surface area (Å²) in [6.07, 6.45) is 0. The van der Waals surface area contributed by atoms with Crippen LogP contribution in [0.1, 0.15) is 27.7 Å². The molecule has 5 nitrogen and oxygen atoms in total. The minimum atomic E-state index is -0.524. The van der Waals surface area contributed by atoms with E-state index in [0.717, 1.165) is 6.54 Å². The second-order valence-electron chi connectivity index (χ2n) is 5.28. The van der Waals surface area contributed by atoms with Crippen LogP contribution in [-0.4, -0.2) is 60.9 Å². The van der Waals surface area contributed by atoms with Gasteiger partial charge in [0.25, 0.3) is 0 Å². The molecule has 5 heteroatoms. The van der Waals surface area contributed by atoms with Gasteiger partial charge < -0.3 is 15.1 Å². The first kappa shape index (κ1) is 15.9.